The molecule has 0 aliphatic rings. The molecule has 0 amide bonds. The van der Waals surface area contributed by atoms with Crippen molar-refractivity contribution in [2.75, 3.05) is 11.1 Å². The lowest BCUT2D eigenvalue weighted by Gasteiger charge is -2.13. The summed E-state index contributed by atoms with van der Waals surface area (Å²) in [4.78, 5) is 11.2. The van der Waals surface area contributed by atoms with Crippen molar-refractivity contribution in [1.29, 1.82) is 0 Å². The lowest BCUT2D eigenvalue weighted by atomic mass is 10.1. The highest BCUT2D eigenvalue weighted by Crippen LogP contribution is 2.28. The van der Waals surface area contributed by atoms with Gasteiger partial charge in [0.25, 0.3) is 0 Å². The van der Waals surface area contributed by atoms with Crippen LogP contribution in [0.25, 0.3) is 0 Å². The fourth-order valence-electron chi connectivity index (χ4n) is 2.02. The topological polar surface area (TPSA) is 75.3 Å². The van der Waals surface area contributed by atoms with Gasteiger partial charge in [0.2, 0.25) is 0 Å². The highest BCUT2D eigenvalue weighted by Gasteiger charge is 2.11. The van der Waals surface area contributed by atoms with Crippen LogP contribution in [0, 0.1) is 13.8 Å². The van der Waals surface area contributed by atoms with Gasteiger partial charge in [-0.15, -0.1) is 0 Å². The molecule has 0 fully saturated rings. The van der Waals surface area contributed by atoms with Gasteiger partial charge in [0.15, 0.2) is 0 Å². The number of carboxylic acid groups (broad SMARTS) is 1. The number of halogens is 1. The minimum atomic E-state index is -1.01. The molecule has 4 nitrogen and oxygen atoms in total. The van der Waals surface area contributed by atoms with E-state index in [0.717, 1.165) is 21.3 Å². The summed E-state index contributed by atoms with van der Waals surface area (Å²) in [6.07, 6.45) is 0. The molecule has 0 atom stereocenters. The summed E-state index contributed by atoms with van der Waals surface area (Å²) in [5.74, 6) is -1.01. The Labute approximate surface area is 125 Å². The van der Waals surface area contributed by atoms with E-state index in [0.29, 0.717) is 11.4 Å². The largest absolute Gasteiger partial charge is 0.478 e. The van der Waals surface area contributed by atoms with Gasteiger partial charge in [-0.25, -0.2) is 4.79 Å². The van der Waals surface area contributed by atoms with Gasteiger partial charge in [-0.2, -0.15) is 0 Å². The number of nitrogen functional groups attached to an aromatic ring is 1. The van der Waals surface area contributed by atoms with Gasteiger partial charge in [-0.05, 0) is 55.3 Å². The van der Waals surface area contributed by atoms with Crippen LogP contribution in [-0.2, 0) is 0 Å². The van der Waals surface area contributed by atoms with Crippen molar-refractivity contribution >= 4 is 39.0 Å². The van der Waals surface area contributed by atoms with E-state index in [1.54, 1.807) is 12.1 Å². The van der Waals surface area contributed by atoms with E-state index in [9.17, 15) is 9.90 Å². The van der Waals surface area contributed by atoms with Crippen molar-refractivity contribution < 1.29 is 9.90 Å². The van der Waals surface area contributed by atoms with Crippen LogP contribution in [0.5, 0.6) is 0 Å². The average molecular weight is 335 g/mol. The number of anilines is 3. The van der Waals surface area contributed by atoms with Crippen LogP contribution in [0.1, 0.15) is 21.5 Å². The standard InChI is InChI=1S/C15H15BrN2O2/c1-8-5-11(6-9(2)14(8)16)18-13-4-3-10(17)7-12(13)15(19)20/h3-7,18H,17H2,1-2H3,(H,19,20). The summed E-state index contributed by atoms with van der Waals surface area (Å²) in [6.45, 7) is 3.98. The van der Waals surface area contributed by atoms with Gasteiger partial charge >= 0.3 is 5.97 Å². The maximum Gasteiger partial charge on any atom is 0.337 e. The molecule has 0 saturated heterocycles. The van der Waals surface area contributed by atoms with Gasteiger partial charge in [-0.1, -0.05) is 15.9 Å². The molecule has 104 valence electrons. The van der Waals surface area contributed by atoms with Crippen LogP contribution in [0.4, 0.5) is 17.1 Å². The first-order valence-electron chi connectivity index (χ1n) is 6.05. The minimum absolute atomic E-state index is 0.156. The summed E-state index contributed by atoms with van der Waals surface area (Å²) >= 11 is 3.51. The zero-order chi connectivity index (χ0) is 14.9. The molecule has 5 heteroatoms. The smallest absolute Gasteiger partial charge is 0.337 e. The number of hydrogen-bond acceptors (Lipinski definition) is 3. The molecular formula is C15H15BrN2O2. The van der Waals surface area contributed by atoms with Gasteiger partial charge in [0.1, 0.15) is 0 Å². The number of nitrogens with two attached hydrogens (primary N) is 1. The van der Waals surface area contributed by atoms with Crippen LogP contribution in [0.3, 0.4) is 0 Å². The van der Waals surface area contributed by atoms with Gasteiger partial charge in [-0.3, -0.25) is 0 Å². The van der Waals surface area contributed by atoms with Crippen LogP contribution in [0.2, 0.25) is 0 Å². The first-order valence-corrected chi connectivity index (χ1v) is 6.84. The Bertz CT molecular complexity index is 661. The molecule has 0 aliphatic heterocycles. The predicted octanol–water partition coefficient (Wildman–Crippen LogP) is 4.09. The van der Waals surface area contributed by atoms with E-state index in [2.05, 4.69) is 21.2 Å². The van der Waals surface area contributed by atoms with Crippen molar-refractivity contribution in [1.82, 2.24) is 0 Å². The Balaban J connectivity index is 2.42. The van der Waals surface area contributed by atoms with Crippen molar-refractivity contribution in [2.24, 2.45) is 0 Å². The predicted molar refractivity (Wildman–Crippen MR) is 84.7 cm³/mol. The fourth-order valence-corrected chi connectivity index (χ4v) is 2.25. The number of nitrogens with one attached hydrogen (secondary N) is 1. The highest BCUT2D eigenvalue weighted by atomic mass is 79.9. The van der Waals surface area contributed by atoms with Gasteiger partial charge in [0.05, 0.1) is 11.3 Å². The molecule has 4 N–H and O–H groups in total. The van der Waals surface area contributed by atoms with Crippen molar-refractivity contribution in [3.05, 3.63) is 51.5 Å². The Morgan fingerprint density at radius 2 is 1.80 bits per heavy atom. The molecule has 2 aromatic carbocycles. The van der Waals surface area contributed by atoms with Crippen LogP contribution >= 0.6 is 15.9 Å². The lowest BCUT2D eigenvalue weighted by molar-refractivity contribution is 0.0698. The summed E-state index contributed by atoms with van der Waals surface area (Å²) in [7, 11) is 0. The number of benzene rings is 2. The first-order chi connectivity index (χ1) is 9.38. The monoisotopic (exact) mass is 334 g/mol. The van der Waals surface area contributed by atoms with E-state index in [1.807, 2.05) is 26.0 Å². The second kappa shape index (κ2) is 5.54. The fraction of sp³-hybridized carbons (Fsp3) is 0.133. The van der Waals surface area contributed by atoms with Crippen molar-refractivity contribution in [3.63, 3.8) is 0 Å². The molecule has 2 rings (SSSR count). The number of carbonyl (C=O) groups is 1. The number of rotatable bonds is 3. The summed E-state index contributed by atoms with van der Waals surface area (Å²) in [5, 5.41) is 12.4. The molecule has 20 heavy (non-hydrogen) atoms. The maximum atomic E-state index is 11.2. The third-order valence-electron chi connectivity index (χ3n) is 2.99. The SMILES string of the molecule is Cc1cc(Nc2ccc(N)cc2C(=O)O)cc(C)c1Br. The third-order valence-corrected chi connectivity index (χ3v) is 4.24. The van der Waals surface area contributed by atoms with E-state index < -0.39 is 5.97 Å². The number of hydrogen-bond donors (Lipinski definition) is 3. The Hall–Kier alpha value is -2.01. The number of aryl methyl sites for hydroxylation is 2. The first kappa shape index (κ1) is 14.4. The Kier molecular flexibility index (Phi) is 3.99. The van der Waals surface area contributed by atoms with E-state index in [1.165, 1.54) is 6.07 Å². The highest BCUT2D eigenvalue weighted by molar-refractivity contribution is 9.10. The van der Waals surface area contributed by atoms with Gasteiger partial charge < -0.3 is 16.2 Å². The normalized spacial score (nSPS) is 10.3. The zero-order valence-electron chi connectivity index (χ0n) is 11.2. The molecular weight excluding hydrogens is 320 g/mol. The average Bonchev–Trinajstić information content (AvgIpc) is 2.37. The molecule has 0 unspecified atom stereocenters. The summed E-state index contributed by atoms with van der Waals surface area (Å²) in [5.41, 5.74) is 9.74. The molecule has 0 radical (unpaired) electrons. The second-order valence-electron chi connectivity index (χ2n) is 4.66. The van der Waals surface area contributed by atoms with E-state index in [-0.39, 0.29) is 5.56 Å². The zero-order valence-corrected chi connectivity index (χ0v) is 12.8. The summed E-state index contributed by atoms with van der Waals surface area (Å²) < 4.78 is 1.05. The second-order valence-corrected chi connectivity index (χ2v) is 5.45. The Morgan fingerprint density at radius 3 is 2.35 bits per heavy atom. The van der Waals surface area contributed by atoms with Crippen molar-refractivity contribution in [3.8, 4) is 0 Å². The van der Waals surface area contributed by atoms with Crippen molar-refractivity contribution in [2.45, 2.75) is 13.8 Å². The molecule has 0 aliphatic carbocycles. The molecule has 0 aromatic heterocycles. The lowest BCUT2D eigenvalue weighted by Crippen LogP contribution is -2.04. The van der Waals surface area contributed by atoms with Crippen LogP contribution in [-0.4, -0.2) is 11.1 Å². The molecule has 0 heterocycles. The quantitative estimate of drug-likeness (QED) is 0.739. The molecule has 0 spiro atoms. The molecule has 2 aromatic rings. The van der Waals surface area contributed by atoms with E-state index >= 15 is 0 Å². The van der Waals surface area contributed by atoms with Gasteiger partial charge in [0, 0.05) is 15.8 Å². The number of aromatic carboxylic acids is 1. The molecule has 0 saturated carbocycles. The van der Waals surface area contributed by atoms with Crippen LogP contribution < -0.4 is 11.1 Å². The molecule has 0 bridgehead atoms. The minimum Gasteiger partial charge on any atom is -0.478 e. The van der Waals surface area contributed by atoms with Crippen LogP contribution in [0.15, 0.2) is 34.8 Å². The third kappa shape index (κ3) is 2.93. The Morgan fingerprint density at radius 1 is 1.20 bits per heavy atom. The maximum absolute atomic E-state index is 11.2. The number of carboxylic acids is 1. The summed E-state index contributed by atoms with van der Waals surface area (Å²) in [6, 6.07) is 8.71. The van der Waals surface area contributed by atoms with E-state index in [4.69, 9.17) is 5.73 Å².